The third-order valence-electron chi connectivity index (χ3n) is 3.73. The summed E-state index contributed by atoms with van der Waals surface area (Å²) in [5.41, 5.74) is 1.09. The average Bonchev–Trinajstić information content (AvgIpc) is 2.75. The molecule has 2 rings (SSSR count). The zero-order valence-electron chi connectivity index (χ0n) is 10.6. The van der Waals surface area contributed by atoms with Crippen LogP contribution in [0.4, 0.5) is 0 Å². The second-order valence-corrected chi connectivity index (χ2v) is 5.26. The van der Waals surface area contributed by atoms with Crippen LogP contribution in [0.1, 0.15) is 44.6 Å². The first-order chi connectivity index (χ1) is 8.16. The van der Waals surface area contributed by atoms with Crippen LogP contribution in [0.5, 0.6) is 0 Å². The molecule has 1 amide bonds. The molecule has 1 aromatic rings. The maximum Gasteiger partial charge on any atom is 0.227 e. The van der Waals surface area contributed by atoms with E-state index in [0.717, 1.165) is 24.3 Å². The normalized spacial score (nSPS) is 25.5. The van der Waals surface area contributed by atoms with Gasteiger partial charge in [-0.05, 0) is 37.7 Å². The molecule has 1 aliphatic rings. The van der Waals surface area contributed by atoms with Crippen LogP contribution in [-0.4, -0.2) is 11.9 Å². The molecule has 0 radical (unpaired) electrons. The smallest absolute Gasteiger partial charge is 0.227 e. The van der Waals surface area contributed by atoms with Crippen LogP contribution in [0.3, 0.4) is 0 Å². The summed E-state index contributed by atoms with van der Waals surface area (Å²) in [4.78, 5) is 12.1. The van der Waals surface area contributed by atoms with Crippen molar-refractivity contribution in [2.45, 2.75) is 45.1 Å². The van der Waals surface area contributed by atoms with Crippen LogP contribution in [0, 0.1) is 5.92 Å². The zero-order chi connectivity index (χ0) is 12.3. The van der Waals surface area contributed by atoms with Crippen LogP contribution >= 0.6 is 0 Å². The lowest BCUT2D eigenvalue weighted by atomic mass is 10.00. The standard InChI is InChI=1S/C15H21NO/c1-11-8-9-14(10-11)16-15(17)12(2)13-6-4-3-5-7-13/h3-7,11-12,14H,8-10H2,1-2H3,(H,16,17). The molecule has 1 saturated carbocycles. The van der Waals surface area contributed by atoms with Crippen LogP contribution in [0.25, 0.3) is 0 Å². The molecule has 1 aliphatic carbocycles. The van der Waals surface area contributed by atoms with Gasteiger partial charge in [0, 0.05) is 6.04 Å². The van der Waals surface area contributed by atoms with E-state index >= 15 is 0 Å². The van der Waals surface area contributed by atoms with Gasteiger partial charge in [-0.3, -0.25) is 4.79 Å². The molecule has 0 aromatic heterocycles. The molecule has 0 spiro atoms. The highest BCUT2D eigenvalue weighted by molar-refractivity contribution is 5.83. The van der Waals surface area contributed by atoms with Gasteiger partial charge in [-0.15, -0.1) is 0 Å². The minimum absolute atomic E-state index is 0.0490. The largest absolute Gasteiger partial charge is 0.353 e. The Morgan fingerprint density at radius 3 is 2.59 bits per heavy atom. The number of rotatable bonds is 3. The zero-order valence-corrected chi connectivity index (χ0v) is 10.6. The molecule has 0 bridgehead atoms. The highest BCUT2D eigenvalue weighted by atomic mass is 16.1. The SMILES string of the molecule is CC1CCC(NC(=O)C(C)c2ccccc2)C1. The fraction of sp³-hybridized carbons (Fsp3) is 0.533. The van der Waals surface area contributed by atoms with E-state index < -0.39 is 0 Å². The number of hydrogen-bond donors (Lipinski definition) is 1. The molecule has 0 aliphatic heterocycles. The van der Waals surface area contributed by atoms with Crippen molar-refractivity contribution in [3.63, 3.8) is 0 Å². The van der Waals surface area contributed by atoms with Crippen molar-refractivity contribution in [2.24, 2.45) is 5.92 Å². The second-order valence-electron chi connectivity index (χ2n) is 5.26. The molecule has 17 heavy (non-hydrogen) atoms. The number of carbonyl (C=O) groups is 1. The van der Waals surface area contributed by atoms with E-state index in [1.54, 1.807) is 0 Å². The lowest BCUT2D eigenvalue weighted by Crippen LogP contribution is -2.35. The molecule has 2 heteroatoms. The van der Waals surface area contributed by atoms with Gasteiger partial charge in [0.05, 0.1) is 5.92 Å². The summed E-state index contributed by atoms with van der Waals surface area (Å²) in [6.45, 7) is 4.23. The Labute approximate surface area is 103 Å². The summed E-state index contributed by atoms with van der Waals surface area (Å²) in [5.74, 6) is 0.870. The molecule has 3 atom stereocenters. The van der Waals surface area contributed by atoms with Crippen molar-refractivity contribution < 1.29 is 4.79 Å². The molecule has 0 heterocycles. The Hall–Kier alpha value is -1.31. The maximum absolute atomic E-state index is 12.1. The Balaban J connectivity index is 1.92. The first-order valence-corrected chi connectivity index (χ1v) is 6.52. The number of carbonyl (C=O) groups excluding carboxylic acids is 1. The fourth-order valence-corrected chi connectivity index (χ4v) is 2.56. The van der Waals surface area contributed by atoms with Crippen molar-refractivity contribution in [2.75, 3.05) is 0 Å². The third kappa shape index (κ3) is 3.09. The first-order valence-electron chi connectivity index (χ1n) is 6.52. The molecule has 1 N–H and O–H groups in total. The predicted molar refractivity (Wildman–Crippen MR) is 69.8 cm³/mol. The summed E-state index contributed by atoms with van der Waals surface area (Å²) < 4.78 is 0. The molecule has 1 aromatic carbocycles. The first kappa shape index (κ1) is 12.2. The minimum atomic E-state index is -0.0490. The van der Waals surface area contributed by atoms with E-state index in [1.807, 2.05) is 37.3 Å². The minimum Gasteiger partial charge on any atom is -0.353 e. The highest BCUT2D eigenvalue weighted by Gasteiger charge is 2.24. The molecule has 1 fully saturated rings. The Morgan fingerprint density at radius 1 is 1.29 bits per heavy atom. The van der Waals surface area contributed by atoms with Crippen LogP contribution in [0.15, 0.2) is 30.3 Å². The van der Waals surface area contributed by atoms with E-state index in [9.17, 15) is 4.79 Å². The Morgan fingerprint density at radius 2 is 2.00 bits per heavy atom. The van der Waals surface area contributed by atoms with Gasteiger partial charge in [-0.2, -0.15) is 0 Å². The molecule has 0 saturated heterocycles. The monoisotopic (exact) mass is 231 g/mol. The predicted octanol–water partition coefficient (Wildman–Crippen LogP) is 3.09. The third-order valence-corrected chi connectivity index (χ3v) is 3.73. The second kappa shape index (κ2) is 5.35. The van der Waals surface area contributed by atoms with E-state index in [1.165, 1.54) is 6.42 Å². The van der Waals surface area contributed by atoms with Gasteiger partial charge in [0.25, 0.3) is 0 Å². The van der Waals surface area contributed by atoms with Crippen molar-refractivity contribution in [3.8, 4) is 0 Å². The van der Waals surface area contributed by atoms with Gasteiger partial charge >= 0.3 is 0 Å². The molecule has 92 valence electrons. The fourth-order valence-electron chi connectivity index (χ4n) is 2.56. The molecule has 2 nitrogen and oxygen atoms in total. The van der Waals surface area contributed by atoms with Gasteiger partial charge in [-0.25, -0.2) is 0 Å². The van der Waals surface area contributed by atoms with Gasteiger partial charge in [0.2, 0.25) is 5.91 Å². The quantitative estimate of drug-likeness (QED) is 0.851. The van der Waals surface area contributed by atoms with Crippen molar-refractivity contribution in [1.82, 2.24) is 5.32 Å². The lowest BCUT2D eigenvalue weighted by Gasteiger charge is -2.17. The van der Waals surface area contributed by atoms with Crippen molar-refractivity contribution in [1.29, 1.82) is 0 Å². The molecular formula is C15H21NO. The van der Waals surface area contributed by atoms with E-state index in [-0.39, 0.29) is 11.8 Å². The van der Waals surface area contributed by atoms with Crippen LogP contribution in [0.2, 0.25) is 0 Å². The molecular weight excluding hydrogens is 210 g/mol. The Bertz CT molecular complexity index is 374. The summed E-state index contributed by atoms with van der Waals surface area (Å²) >= 11 is 0. The summed E-state index contributed by atoms with van der Waals surface area (Å²) in [6.07, 6.45) is 3.51. The van der Waals surface area contributed by atoms with Gasteiger partial charge in [0.15, 0.2) is 0 Å². The Kier molecular flexibility index (Phi) is 3.82. The topological polar surface area (TPSA) is 29.1 Å². The number of benzene rings is 1. The lowest BCUT2D eigenvalue weighted by molar-refractivity contribution is -0.122. The van der Waals surface area contributed by atoms with Gasteiger partial charge in [0.1, 0.15) is 0 Å². The summed E-state index contributed by atoms with van der Waals surface area (Å²) in [7, 11) is 0. The van der Waals surface area contributed by atoms with Gasteiger partial charge in [-0.1, -0.05) is 37.3 Å². The van der Waals surface area contributed by atoms with Crippen LogP contribution in [-0.2, 0) is 4.79 Å². The van der Waals surface area contributed by atoms with Crippen LogP contribution < -0.4 is 5.32 Å². The molecule has 3 unspecified atom stereocenters. The number of amides is 1. The van der Waals surface area contributed by atoms with Crippen molar-refractivity contribution in [3.05, 3.63) is 35.9 Å². The maximum atomic E-state index is 12.1. The van der Waals surface area contributed by atoms with Crippen molar-refractivity contribution >= 4 is 5.91 Å². The van der Waals surface area contributed by atoms with E-state index in [0.29, 0.717) is 6.04 Å². The average molecular weight is 231 g/mol. The van der Waals surface area contributed by atoms with E-state index in [2.05, 4.69) is 12.2 Å². The highest BCUT2D eigenvalue weighted by Crippen LogP contribution is 2.25. The summed E-state index contributed by atoms with van der Waals surface area (Å²) in [6, 6.07) is 10.4. The number of nitrogens with one attached hydrogen (secondary N) is 1. The summed E-state index contributed by atoms with van der Waals surface area (Å²) in [5, 5.41) is 3.17. The number of hydrogen-bond acceptors (Lipinski definition) is 1. The van der Waals surface area contributed by atoms with Gasteiger partial charge < -0.3 is 5.32 Å². The van der Waals surface area contributed by atoms with E-state index in [4.69, 9.17) is 0 Å².